The lowest BCUT2D eigenvalue weighted by atomic mass is 9.92. The maximum Gasteiger partial charge on any atom is 0.244 e. The molecule has 2 aromatic rings. The highest BCUT2D eigenvalue weighted by molar-refractivity contribution is 7.90. The molecule has 0 bridgehead atoms. The summed E-state index contributed by atoms with van der Waals surface area (Å²) in [5.74, 6) is 0.562. The fraction of sp³-hybridized carbons (Fsp3) is 0.400. The van der Waals surface area contributed by atoms with Crippen molar-refractivity contribution in [2.24, 2.45) is 0 Å². The predicted molar refractivity (Wildman–Crippen MR) is 113 cm³/mol. The van der Waals surface area contributed by atoms with Gasteiger partial charge >= 0.3 is 0 Å². The van der Waals surface area contributed by atoms with Gasteiger partial charge in [0.1, 0.15) is 21.3 Å². The van der Waals surface area contributed by atoms with Gasteiger partial charge in [0, 0.05) is 12.1 Å². The van der Waals surface area contributed by atoms with E-state index in [1.54, 1.807) is 36.4 Å². The monoisotopic (exact) mass is 454 g/mol. The lowest BCUT2D eigenvalue weighted by Gasteiger charge is -2.29. The van der Waals surface area contributed by atoms with E-state index >= 15 is 0 Å². The smallest absolute Gasteiger partial charge is 0.244 e. The number of benzene rings is 2. The van der Waals surface area contributed by atoms with E-state index in [4.69, 9.17) is 9.47 Å². The first-order chi connectivity index (χ1) is 14.3. The van der Waals surface area contributed by atoms with E-state index in [0.29, 0.717) is 25.7 Å². The van der Waals surface area contributed by atoms with Crippen molar-refractivity contribution < 1.29 is 26.3 Å². The Morgan fingerprint density at radius 2 is 1.00 bits per heavy atom. The maximum atomic E-state index is 12.7. The molecule has 0 spiro atoms. The van der Waals surface area contributed by atoms with Crippen LogP contribution in [-0.2, 0) is 20.0 Å². The molecule has 30 heavy (non-hydrogen) atoms. The Morgan fingerprint density at radius 3 is 1.33 bits per heavy atom. The third-order valence-electron chi connectivity index (χ3n) is 5.09. The van der Waals surface area contributed by atoms with Crippen LogP contribution in [0.2, 0.25) is 0 Å². The number of hydrogen-bond donors (Lipinski definition) is 2. The van der Waals surface area contributed by atoms with Crippen molar-refractivity contribution in [3.8, 4) is 11.5 Å². The van der Waals surface area contributed by atoms with Gasteiger partial charge in [-0.2, -0.15) is 0 Å². The molecule has 0 unspecified atom stereocenters. The van der Waals surface area contributed by atoms with Gasteiger partial charge in [-0.3, -0.25) is 0 Å². The predicted octanol–water partition coefficient (Wildman–Crippen LogP) is 2.27. The van der Waals surface area contributed by atoms with Crippen LogP contribution < -0.4 is 18.9 Å². The average Bonchev–Trinajstić information content (AvgIpc) is 2.74. The molecule has 0 amide bonds. The van der Waals surface area contributed by atoms with Gasteiger partial charge in [0.25, 0.3) is 0 Å². The second-order valence-electron chi connectivity index (χ2n) is 7.09. The van der Waals surface area contributed by atoms with E-state index < -0.39 is 20.0 Å². The summed E-state index contributed by atoms with van der Waals surface area (Å²) in [5.41, 5.74) is 0. The van der Waals surface area contributed by atoms with Crippen molar-refractivity contribution in [1.82, 2.24) is 9.44 Å². The Morgan fingerprint density at radius 1 is 0.667 bits per heavy atom. The van der Waals surface area contributed by atoms with Gasteiger partial charge < -0.3 is 9.47 Å². The zero-order chi connectivity index (χ0) is 21.8. The Kier molecular flexibility index (Phi) is 7.02. The highest BCUT2D eigenvalue weighted by atomic mass is 32.2. The minimum absolute atomic E-state index is 0.0894. The van der Waals surface area contributed by atoms with E-state index in [1.807, 2.05) is 0 Å². The van der Waals surface area contributed by atoms with Crippen molar-refractivity contribution in [3.63, 3.8) is 0 Å². The van der Waals surface area contributed by atoms with Crippen LogP contribution in [0.1, 0.15) is 25.7 Å². The zero-order valence-electron chi connectivity index (χ0n) is 16.9. The van der Waals surface area contributed by atoms with Crippen molar-refractivity contribution in [2.75, 3.05) is 14.2 Å². The summed E-state index contributed by atoms with van der Waals surface area (Å²) in [7, 11) is -4.63. The van der Waals surface area contributed by atoms with Crippen LogP contribution in [0.25, 0.3) is 0 Å². The molecule has 0 atom stereocenters. The van der Waals surface area contributed by atoms with Crippen LogP contribution in [0, 0.1) is 0 Å². The Labute approximate surface area is 177 Å². The Balaban J connectivity index is 1.62. The van der Waals surface area contributed by atoms with Crippen LogP contribution in [0.5, 0.6) is 11.5 Å². The van der Waals surface area contributed by atoms with Crippen molar-refractivity contribution in [3.05, 3.63) is 48.5 Å². The molecule has 1 saturated carbocycles. The quantitative estimate of drug-likeness (QED) is 0.633. The third-order valence-corrected chi connectivity index (χ3v) is 8.21. The van der Waals surface area contributed by atoms with Gasteiger partial charge in [0.2, 0.25) is 20.0 Å². The molecule has 0 saturated heterocycles. The molecular weight excluding hydrogens is 428 g/mol. The SMILES string of the molecule is COc1ccccc1S(=O)(=O)NC1CCC(NS(=O)(=O)c2ccccc2OC)CC1. The number of rotatable bonds is 8. The second kappa shape index (κ2) is 9.34. The molecule has 0 aromatic heterocycles. The fourth-order valence-corrected chi connectivity index (χ4v) is 6.53. The molecule has 10 heteroatoms. The molecule has 1 aliphatic carbocycles. The van der Waals surface area contributed by atoms with Gasteiger partial charge in [-0.25, -0.2) is 26.3 Å². The molecule has 164 valence electrons. The highest BCUT2D eigenvalue weighted by Gasteiger charge is 2.30. The normalized spacial score (nSPS) is 19.9. The van der Waals surface area contributed by atoms with E-state index in [0.717, 1.165) is 0 Å². The molecular formula is C20H26N2O6S2. The van der Waals surface area contributed by atoms with Crippen LogP contribution in [0.15, 0.2) is 58.3 Å². The standard InChI is InChI=1S/C20H26N2O6S2/c1-27-17-7-3-5-9-19(17)29(23,24)21-15-11-13-16(14-12-15)22-30(25,26)20-10-6-4-8-18(20)28-2/h3-10,15-16,21-22H,11-14H2,1-2H3. The first-order valence-corrected chi connectivity index (χ1v) is 12.5. The molecule has 1 aliphatic rings. The van der Waals surface area contributed by atoms with Gasteiger partial charge in [-0.15, -0.1) is 0 Å². The van der Waals surface area contributed by atoms with Crippen molar-refractivity contribution in [1.29, 1.82) is 0 Å². The molecule has 8 nitrogen and oxygen atoms in total. The summed E-state index contributed by atoms with van der Waals surface area (Å²) in [6.07, 6.45) is 2.09. The van der Waals surface area contributed by atoms with E-state index in [9.17, 15) is 16.8 Å². The molecule has 0 aliphatic heterocycles. The number of methoxy groups -OCH3 is 2. The van der Waals surface area contributed by atoms with Crippen LogP contribution in [-0.4, -0.2) is 43.1 Å². The molecule has 1 fully saturated rings. The van der Waals surface area contributed by atoms with Gasteiger partial charge in [-0.05, 0) is 49.9 Å². The summed E-state index contributed by atoms with van der Waals surface area (Å²) in [4.78, 5) is 0.179. The molecule has 0 heterocycles. The van der Waals surface area contributed by atoms with Crippen LogP contribution >= 0.6 is 0 Å². The van der Waals surface area contributed by atoms with E-state index in [1.165, 1.54) is 26.4 Å². The second-order valence-corrected chi connectivity index (χ2v) is 10.5. The summed E-state index contributed by atoms with van der Waals surface area (Å²) in [6.45, 7) is 0. The Bertz CT molecular complexity index is 990. The largest absolute Gasteiger partial charge is 0.495 e. The fourth-order valence-electron chi connectivity index (χ4n) is 3.58. The van der Waals surface area contributed by atoms with E-state index in [-0.39, 0.29) is 33.4 Å². The first kappa shape index (κ1) is 22.5. The van der Waals surface area contributed by atoms with Crippen molar-refractivity contribution in [2.45, 2.75) is 47.6 Å². The lowest BCUT2D eigenvalue weighted by molar-refractivity contribution is 0.354. The summed E-state index contributed by atoms with van der Waals surface area (Å²) < 4.78 is 66.6. The van der Waals surface area contributed by atoms with Crippen LogP contribution in [0.3, 0.4) is 0 Å². The third kappa shape index (κ3) is 5.12. The van der Waals surface area contributed by atoms with Crippen LogP contribution in [0.4, 0.5) is 0 Å². The molecule has 0 radical (unpaired) electrons. The minimum atomic E-state index is -3.74. The zero-order valence-corrected chi connectivity index (χ0v) is 18.5. The number of hydrogen-bond acceptors (Lipinski definition) is 6. The summed E-state index contributed by atoms with van der Waals surface area (Å²) >= 11 is 0. The molecule has 3 rings (SSSR count). The number of nitrogens with one attached hydrogen (secondary N) is 2. The first-order valence-electron chi connectivity index (χ1n) is 9.57. The van der Waals surface area contributed by atoms with Crippen molar-refractivity contribution >= 4 is 20.0 Å². The number of sulfonamides is 2. The topological polar surface area (TPSA) is 111 Å². The van der Waals surface area contributed by atoms with Gasteiger partial charge in [0.15, 0.2) is 0 Å². The summed E-state index contributed by atoms with van der Waals surface area (Å²) in [6, 6.07) is 12.3. The Hall–Kier alpha value is -2.14. The molecule has 2 aromatic carbocycles. The maximum absolute atomic E-state index is 12.7. The summed E-state index contributed by atoms with van der Waals surface area (Å²) in [5, 5.41) is 0. The number of ether oxygens (including phenoxy) is 2. The lowest BCUT2D eigenvalue weighted by Crippen LogP contribution is -2.43. The van der Waals surface area contributed by atoms with Gasteiger partial charge in [0.05, 0.1) is 14.2 Å². The minimum Gasteiger partial charge on any atom is -0.495 e. The average molecular weight is 455 g/mol. The number of para-hydroxylation sites is 2. The molecule has 2 N–H and O–H groups in total. The van der Waals surface area contributed by atoms with E-state index in [2.05, 4.69) is 9.44 Å². The highest BCUT2D eigenvalue weighted by Crippen LogP contribution is 2.27. The van der Waals surface area contributed by atoms with Gasteiger partial charge in [-0.1, -0.05) is 24.3 Å².